The van der Waals surface area contributed by atoms with Gasteiger partial charge in [-0.2, -0.15) is 0 Å². The lowest BCUT2D eigenvalue weighted by Crippen LogP contribution is -2.43. The van der Waals surface area contributed by atoms with Crippen molar-refractivity contribution in [2.75, 3.05) is 34.3 Å². The number of rotatable bonds is 8. The van der Waals surface area contributed by atoms with Gasteiger partial charge in [0.05, 0.1) is 26.6 Å². The van der Waals surface area contributed by atoms with Crippen LogP contribution in [-0.4, -0.2) is 56.0 Å². The molecule has 4 nitrogen and oxygen atoms in total. The maximum absolute atomic E-state index is 12.2. The molecule has 1 aromatic carbocycles. The summed E-state index contributed by atoms with van der Waals surface area (Å²) < 4.78 is 5.94. The van der Waals surface area contributed by atoms with Crippen LogP contribution in [0, 0.1) is 5.41 Å². The van der Waals surface area contributed by atoms with E-state index in [1.807, 2.05) is 53.2 Å². The van der Waals surface area contributed by atoms with Gasteiger partial charge < -0.3 is 14.3 Å². The molecule has 1 rings (SSSR count). The fourth-order valence-electron chi connectivity index (χ4n) is 2.26. The number of hydrogen-bond donors (Lipinski definition) is 1. The van der Waals surface area contributed by atoms with E-state index < -0.39 is 11.5 Å². The van der Waals surface area contributed by atoms with E-state index in [0.717, 1.165) is 12.8 Å². The molecule has 0 aliphatic heterocycles. The summed E-state index contributed by atoms with van der Waals surface area (Å²) in [5, 5.41) is 9.91. The van der Waals surface area contributed by atoms with Crippen LogP contribution in [0.25, 0.3) is 0 Å². The molecule has 0 aliphatic carbocycles. The van der Waals surface area contributed by atoms with E-state index in [1.54, 1.807) is 0 Å². The van der Waals surface area contributed by atoms with Crippen molar-refractivity contribution in [2.45, 2.75) is 32.8 Å². The molecule has 0 saturated heterocycles. The number of carbonyl (C=O) groups is 1. The van der Waals surface area contributed by atoms with Crippen LogP contribution in [0.3, 0.4) is 0 Å². The largest absolute Gasteiger partial charge is 0.462 e. The van der Waals surface area contributed by atoms with Gasteiger partial charge >= 0.3 is 5.97 Å². The maximum atomic E-state index is 12.2. The topological polar surface area (TPSA) is 46.5 Å². The predicted molar refractivity (Wildman–Crippen MR) is 88.4 cm³/mol. The van der Waals surface area contributed by atoms with Gasteiger partial charge in [0.2, 0.25) is 0 Å². The third-order valence-corrected chi connectivity index (χ3v) is 3.60. The molecule has 0 aliphatic rings. The van der Waals surface area contributed by atoms with Crippen molar-refractivity contribution < 1.29 is 19.1 Å². The Balaban J connectivity index is 2.42. The number of nitrogens with zero attached hydrogens (tertiary/aromatic N) is 1. The summed E-state index contributed by atoms with van der Waals surface area (Å²) in [6.45, 7) is 4.40. The first-order valence-corrected chi connectivity index (χ1v) is 7.80. The number of esters is 1. The van der Waals surface area contributed by atoms with Crippen LogP contribution in [0.1, 0.15) is 25.8 Å². The highest BCUT2D eigenvalue weighted by atomic mass is 16.5. The van der Waals surface area contributed by atoms with Crippen molar-refractivity contribution in [3.8, 4) is 0 Å². The Morgan fingerprint density at radius 1 is 1.23 bits per heavy atom. The lowest BCUT2D eigenvalue weighted by atomic mass is 9.86. The molecule has 0 spiro atoms. The van der Waals surface area contributed by atoms with Crippen molar-refractivity contribution in [1.82, 2.24) is 0 Å². The molecule has 1 atom stereocenters. The molecule has 0 radical (unpaired) electrons. The summed E-state index contributed by atoms with van der Waals surface area (Å²) in [5.74, 6) is -0.246. The fraction of sp³-hybridized carbons (Fsp3) is 0.611. The second kappa shape index (κ2) is 7.75. The summed E-state index contributed by atoms with van der Waals surface area (Å²) in [6, 6.07) is 10.1. The van der Waals surface area contributed by atoms with Gasteiger partial charge in [-0.05, 0) is 32.3 Å². The highest BCUT2D eigenvalue weighted by molar-refractivity contribution is 5.75. The monoisotopic (exact) mass is 308 g/mol. The first-order valence-electron chi connectivity index (χ1n) is 7.80. The van der Waals surface area contributed by atoms with E-state index in [2.05, 4.69) is 12.1 Å². The second-order valence-electron chi connectivity index (χ2n) is 7.59. The molecule has 124 valence electrons. The van der Waals surface area contributed by atoms with Gasteiger partial charge in [0.1, 0.15) is 19.3 Å². The zero-order valence-electron chi connectivity index (χ0n) is 14.5. The number of carbonyl (C=O) groups excluding carboxylic acids is 1. The van der Waals surface area contributed by atoms with Crippen LogP contribution in [0.4, 0.5) is 0 Å². The van der Waals surface area contributed by atoms with Crippen LogP contribution in [0.5, 0.6) is 0 Å². The standard InChI is InChI=1S/C18H30NO3/c1-18(2,12-11-15-9-7-6-8-10-15)17(21)22-14-16(20)13-19(3,4)5/h6-10,16,20H,11-14H2,1-5H3/q+1. The molecular formula is C18H30NO3+. The lowest BCUT2D eigenvalue weighted by molar-refractivity contribution is -0.873. The molecule has 4 heteroatoms. The Bertz CT molecular complexity index is 463. The summed E-state index contributed by atoms with van der Waals surface area (Å²) in [6.07, 6.45) is 0.930. The molecule has 1 aromatic rings. The molecule has 0 bridgehead atoms. The third kappa shape index (κ3) is 7.05. The fourth-order valence-corrected chi connectivity index (χ4v) is 2.26. The molecule has 0 fully saturated rings. The lowest BCUT2D eigenvalue weighted by Gasteiger charge is -2.28. The number of aryl methyl sites for hydroxylation is 1. The first kappa shape index (κ1) is 18.7. The average molecular weight is 308 g/mol. The van der Waals surface area contributed by atoms with E-state index in [9.17, 15) is 9.90 Å². The smallest absolute Gasteiger partial charge is 0.311 e. The van der Waals surface area contributed by atoms with Crippen molar-refractivity contribution >= 4 is 5.97 Å². The minimum absolute atomic E-state index is 0.0587. The summed E-state index contributed by atoms with van der Waals surface area (Å²) in [4.78, 5) is 12.2. The summed E-state index contributed by atoms with van der Waals surface area (Å²) >= 11 is 0. The number of aliphatic hydroxyl groups excluding tert-OH is 1. The van der Waals surface area contributed by atoms with Gasteiger partial charge in [0.15, 0.2) is 0 Å². The Morgan fingerprint density at radius 2 is 1.82 bits per heavy atom. The number of ether oxygens (including phenoxy) is 1. The number of benzene rings is 1. The van der Waals surface area contributed by atoms with Gasteiger partial charge in [-0.3, -0.25) is 4.79 Å². The molecule has 1 unspecified atom stereocenters. The quantitative estimate of drug-likeness (QED) is 0.592. The molecule has 22 heavy (non-hydrogen) atoms. The predicted octanol–water partition coefficient (Wildman–Crippen LogP) is 2.26. The van der Waals surface area contributed by atoms with E-state index in [-0.39, 0.29) is 12.6 Å². The highest BCUT2D eigenvalue weighted by Crippen LogP contribution is 2.24. The van der Waals surface area contributed by atoms with E-state index in [1.165, 1.54) is 5.56 Å². The zero-order chi connectivity index (χ0) is 16.8. The second-order valence-corrected chi connectivity index (χ2v) is 7.59. The van der Waals surface area contributed by atoms with Gasteiger partial charge in [0.25, 0.3) is 0 Å². The van der Waals surface area contributed by atoms with Crippen molar-refractivity contribution in [3.63, 3.8) is 0 Å². The van der Waals surface area contributed by atoms with Crippen molar-refractivity contribution in [3.05, 3.63) is 35.9 Å². The van der Waals surface area contributed by atoms with Crippen molar-refractivity contribution in [1.29, 1.82) is 0 Å². The summed E-state index contributed by atoms with van der Waals surface area (Å²) in [7, 11) is 5.98. The van der Waals surface area contributed by atoms with Crippen LogP contribution in [0.2, 0.25) is 0 Å². The molecule has 0 aromatic heterocycles. The van der Waals surface area contributed by atoms with E-state index in [0.29, 0.717) is 11.0 Å². The number of quaternary nitrogens is 1. The van der Waals surface area contributed by atoms with Crippen LogP contribution < -0.4 is 0 Å². The SMILES string of the molecule is CC(C)(CCc1ccccc1)C(=O)OCC(O)C[N+](C)(C)C. The normalized spacial score (nSPS) is 13.7. The molecular weight excluding hydrogens is 278 g/mol. The van der Waals surface area contributed by atoms with Gasteiger partial charge in [-0.1, -0.05) is 30.3 Å². The zero-order valence-corrected chi connectivity index (χ0v) is 14.5. The maximum Gasteiger partial charge on any atom is 0.311 e. The minimum Gasteiger partial charge on any atom is -0.462 e. The minimum atomic E-state index is -0.631. The van der Waals surface area contributed by atoms with Gasteiger partial charge in [-0.25, -0.2) is 0 Å². The Labute approximate surface area is 134 Å². The third-order valence-electron chi connectivity index (χ3n) is 3.60. The van der Waals surface area contributed by atoms with Crippen molar-refractivity contribution in [2.24, 2.45) is 5.41 Å². The Morgan fingerprint density at radius 3 is 2.36 bits per heavy atom. The van der Waals surface area contributed by atoms with Crippen LogP contribution in [-0.2, 0) is 16.0 Å². The number of aliphatic hydroxyl groups is 1. The summed E-state index contributed by atoms with van der Waals surface area (Å²) in [5.41, 5.74) is 0.667. The molecule has 0 amide bonds. The molecule has 0 heterocycles. The first-order chi connectivity index (χ1) is 10.1. The average Bonchev–Trinajstić information content (AvgIpc) is 2.42. The van der Waals surface area contributed by atoms with Gasteiger partial charge in [0, 0.05) is 0 Å². The molecule has 1 N–H and O–H groups in total. The van der Waals surface area contributed by atoms with Crippen LogP contribution in [0.15, 0.2) is 30.3 Å². The Hall–Kier alpha value is -1.39. The van der Waals surface area contributed by atoms with E-state index >= 15 is 0 Å². The Kier molecular flexibility index (Phi) is 6.57. The number of hydrogen-bond acceptors (Lipinski definition) is 3. The van der Waals surface area contributed by atoms with Crippen LogP contribution >= 0.6 is 0 Å². The van der Waals surface area contributed by atoms with Gasteiger partial charge in [-0.15, -0.1) is 0 Å². The number of likely N-dealkylation sites (N-methyl/N-ethyl adjacent to an activating group) is 1. The highest BCUT2D eigenvalue weighted by Gasteiger charge is 2.30. The molecule has 0 saturated carbocycles. The van der Waals surface area contributed by atoms with E-state index in [4.69, 9.17) is 4.74 Å².